The van der Waals surface area contributed by atoms with E-state index in [-0.39, 0.29) is 17.9 Å². The lowest BCUT2D eigenvalue weighted by atomic mass is 9.95. The Morgan fingerprint density at radius 3 is 1.50 bits per heavy atom. The summed E-state index contributed by atoms with van der Waals surface area (Å²) in [6.07, 6.45) is 8.42. The second-order valence-electron chi connectivity index (χ2n) is 13.3. The lowest BCUT2D eigenvalue weighted by Crippen LogP contribution is -2.53. The Bertz CT molecular complexity index is 2270. The van der Waals surface area contributed by atoms with E-state index in [1.54, 1.807) is 0 Å². The molecular formula is C42H37N6O2+. The molecular weight excluding hydrogens is 621 g/mol. The summed E-state index contributed by atoms with van der Waals surface area (Å²) < 4.78 is 6.48. The number of anilines is 3. The first kappa shape index (κ1) is 29.9. The predicted octanol–water partition coefficient (Wildman–Crippen LogP) is 6.72. The summed E-state index contributed by atoms with van der Waals surface area (Å²) in [5, 5.41) is 2.31. The fraction of sp³-hybridized carbons (Fsp3) is 0.167. The molecule has 4 aromatic carbocycles. The molecule has 9 rings (SSSR count). The maximum absolute atomic E-state index is 14.3. The van der Waals surface area contributed by atoms with Crippen molar-refractivity contribution in [3.63, 3.8) is 0 Å². The molecule has 2 aliphatic heterocycles. The molecule has 7 aromatic rings. The van der Waals surface area contributed by atoms with Crippen LogP contribution in [0.4, 0.5) is 17.1 Å². The number of carbonyl (C=O) groups excluding carboxylic acids is 2. The SMILES string of the molecule is Cn1ccc2cc(C(c3ccc4c(ccn4C)c3)[n+]3cc4c5c(c3)N(C(=O)c3ccccc3)CCN5CCN4C(=O)c3ccccc3)ccc21. The number of pyridine rings is 1. The van der Waals surface area contributed by atoms with E-state index in [2.05, 4.69) is 106 Å². The zero-order chi connectivity index (χ0) is 33.9. The molecule has 0 spiro atoms. The van der Waals surface area contributed by atoms with Crippen molar-refractivity contribution >= 4 is 50.7 Å². The van der Waals surface area contributed by atoms with Crippen LogP contribution in [-0.4, -0.2) is 47.1 Å². The van der Waals surface area contributed by atoms with Crippen molar-refractivity contribution in [1.82, 2.24) is 9.13 Å². The molecule has 0 radical (unpaired) electrons. The highest BCUT2D eigenvalue weighted by Gasteiger charge is 2.40. The fourth-order valence-corrected chi connectivity index (χ4v) is 7.83. The first-order valence-corrected chi connectivity index (χ1v) is 17.1. The molecule has 5 heterocycles. The topological polar surface area (TPSA) is 57.6 Å². The molecule has 0 bridgehead atoms. The van der Waals surface area contributed by atoms with Gasteiger partial charge in [0, 0.05) is 96.7 Å². The number of fused-ring (bicyclic) bond motifs is 2. The van der Waals surface area contributed by atoms with Crippen molar-refractivity contribution in [3.8, 4) is 0 Å². The summed E-state index contributed by atoms with van der Waals surface area (Å²) in [7, 11) is 4.13. The van der Waals surface area contributed by atoms with Gasteiger partial charge in [-0.2, -0.15) is 4.57 Å². The average Bonchev–Trinajstić information content (AvgIpc) is 3.72. The third kappa shape index (κ3) is 4.86. The van der Waals surface area contributed by atoms with Gasteiger partial charge in [0.1, 0.15) is 11.4 Å². The van der Waals surface area contributed by atoms with Gasteiger partial charge in [-0.15, -0.1) is 0 Å². The van der Waals surface area contributed by atoms with E-state index in [4.69, 9.17) is 0 Å². The van der Waals surface area contributed by atoms with Crippen LogP contribution >= 0.6 is 0 Å². The third-order valence-electron chi connectivity index (χ3n) is 10.4. The Labute approximate surface area is 290 Å². The molecule has 0 aliphatic carbocycles. The van der Waals surface area contributed by atoms with E-state index >= 15 is 0 Å². The van der Waals surface area contributed by atoms with Crippen LogP contribution in [0.25, 0.3) is 21.8 Å². The van der Waals surface area contributed by atoms with Gasteiger partial charge in [-0.05, 0) is 72.8 Å². The van der Waals surface area contributed by atoms with Crippen LogP contribution in [0.15, 0.2) is 134 Å². The molecule has 0 saturated heterocycles. The minimum Gasteiger partial charge on any atom is -0.364 e. The number of aromatic nitrogens is 3. The second-order valence-corrected chi connectivity index (χ2v) is 13.3. The lowest BCUT2D eigenvalue weighted by molar-refractivity contribution is -0.703. The van der Waals surface area contributed by atoms with Gasteiger partial charge < -0.3 is 14.0 Å². The van der Waals surface area contributed by atoms with Gasteiger partial charge in [0.25, 0.3) is 11.8 Å². The molecule has 0 atom stereocenters. The number of rotatable bonds is 5. The zero-order valence-corrected chi connectivity index (χ0v) is 28.1. The molecule has 0 fully saturated rings. The van der Waals surface area contributed by atoms with Crippen LogP contribution < -0.4 is 19.3 Å². The molecule has 8 heteroatoms. The van der Waals surface area contributed by atoms with Crippen molar-refractivity contribution in [2.24, 2.45) is 14.1 Å². The van der Waals surface area contributed by atoms with Gasteiger partial charge in [-0.1, -0.05) is 36.4 Å². The highest BCUT2D eigenvalue weighted by Crippen LogP contribution is 2.44. The van der Waals surface area contributed by atoms with Gasteiger partial charge in [0.2, 0.25) is 6.04 Å². The van der Waals surface area contributed by atoms with Crippen LogP contribution in [-0.2, 0) is 14.1 Å². The first-order valence-electron chi connectivity index (χ1n) is 17.1. The zero-order valence-electron chi connectivity index (χ0n) is 28.1. The van der Waals surface area contributed by atoms with Crippen LogP contribution in [0.2, 0.25) is 0 Å². The number of nitrogens with zero attached hydrogens (tertiary/aromatic N) is 6. The second kappa shape index (κ2) is 11.8. The summed E-state index contributed by atoms with van der Waals surface area (Å²) in [6, 6.07) is 36.3. The maximum Gasteiger partial charge on any atom is 0.258 e. The Morgan fingerprint density at radius 2 is 1.04 bits per heavy atom. The van der Waals surface area contributed by atoms with Crippen LogP contribution in [0, 0.1) is 0 Å². The molecule has 0 saturated carbocycles. The molecule has 246 valence electrons. The molecule has 50 heavy (non-hydrogen) atoms. The van der Waals surface area contributed by atoms with Gasteiger partial charge >= 0.3 is 0 Å². The minimum atomic E-state index is -0.245. The normalized spacial score (nSPS) is 14.1. The number of carbonyl (C=O) groups is 2. The van der Waals surface area contributed by atoms with Gasteiger partial charge in [-0.25, -0.2) is 0 Å². The molecule has 0 unspecified atom stereocenters. The van der Waals surface area contributed by atoms with Gasteiger partial charge in [0.15, 0.2) is 12.4 Å². The Morgan fingerprint density at radius 1 is 0.580 bits per heavy atom. The first-order chi connectivity index (χ1) is 24.4. The Hall–Kier alpha value is -6.15. The molecule has 3 aromatic heterocycles. The monoisotopic (exact) mass is 657 g/mol. The van der Waals surface area contributed by atoms with Crippen molar-refractivity contribution in [2.75, 3.05) is 40.9 Å². The Balaban J connectivity index is 1.29. The average molecular weight is 658 g/mol. The standard InChI is InChI=1S/C42H37N6O2/c1-43-19-17-31-25-33(13-15-35(31)43)39(34-14-16-36-32(26-34)18-20-44(36)2)46-27-37-40-38(28-46)48(42(50)30-11-7-4-8-12-30)24-22-45(40)21-23-47(37)41(49)29-9-5-3-6-10-29/h3-20,25-28,39H,21-24H2,1-2H3/q+1. The lowest BCUT2D eigenvalue weighted by Gasteiger charge is -2.43. The molecule has 0 N–H and O–H groups in total. The van der Waals surface area contributed by atoms with Gasteiger partial charge in [-0.3, -0.25) is 19.4 Å². The number of amides is 2. The van der Waals surface area contributed by atoms with Crippen molar-refractivity contribution in [1.29, 1.82) is 0 Å². The van der Waals surface area contributed by atoms with E-state index < -0.39 is 0 Å². The van der Waals surface area contributed by atoms with Crippen molar-refractivity contribution < 1.29 is 14.2 Å². The highest BCUT2D eigenvalue weighted by atomic mass is 16.2. The van der Waals surface area contributed by atoms with E-state index in [1.807, 2.05) is 70.5 Å². The fourth-order valence-electron chi connectivity index (χ4n) is 7.83. The van der Waals surface area contributed by atoms with Gasteiger partial charge in [0.05, 0.1) is 5.69 Å². The maximum atomic E-state index is 14.3. The largest absolute Gasteiger partial charge is 0.364 e. The quantitative estimate of drug-likeness (QED) is 0.193. The summed E-state index contributed by atoms with van der Waals surface area (Å²) in [6.45, 7) is 2.48. The Kier molecular flexibility index (Phi) is 7.05. The smallest absolute Gasteiger partial charge is 0.258 e. The van der Waals surface area contributed by atoms with Crippen molar-refractivity contribution in [3.05, 3.63) is 156 Å². The summed E-state index contributed by atoms with van der Waals surface area (Å²) >= 11 is 0. The number of benzene rings is 4. The highest BCUT2D eigenvalue weighted by molar-refractivity contribution is 6.13. The number of hydrogen-bond donors (Lipinski definition) is 0. The van der Waals surface area contributed by atoms with Crippen LogP contribution in [0.5, 0.6) is 0 Å². The summed E-state index contributed by atoms with van der Waals surface area (Å²) in [5.74, 6) is -0.102. The minimum absolute atomic E-state index is 0.0512. The van der Waals surface area contributed by atoms with E-state index in [9.17, 15) is 9.59 Å². The number of hydrogen-bond acceptors (Lipinski definition) is 3. The van der Waals surface area contributed by atoms with E-state index in [0.717, 1.165) is 50.0 Å². The third-order valence-corrected chi connectivity index (χ3v) is 10.4. The van der Waals surface area contributed by atoms with Crippen LogP contribution in [0.3, 0.4) is 0 Å². The summed E-state index contributed by atoms with van der Waals surface area (Å²) in [5.41, 5.74) is 8.35. The molecule has 8 nitrogen and oxygen atoms in total. The van der Waals surface area contributed by atoms with E-state index in [1.165, 1.54) is 0 Å². The molecule has 2 amide bonds. The van der Waals surface area contributed by atoms with E-state index in [0.29, 0.717) is 37.3 Å². The molecule has 2 aliphatic rings. The summed E-state index contributed by atoms with van der Waals surface area (Å²) in [4.78, 5) is 34.6. The number of aryl methyl sites for hydroxylation is 2. The predicted molar refractivity (Wildman–Crippen MR) is 198 cm³/mol. The van der Waals surface area contributed by atoms with Crippen LogP contribution in [0.1, 0.15) is 37.9 Å². The van der Waals surface area contributed by atoms with Crippen molar-refractivity contribution in [2.45, 2.75) is 6.04 Å².